The summed E-state index contributed by atoms with van der Waals surface area (Å²) in [5.74, 6) is -0.795. The van der Waals surface area contributed by atoms with Crippen LogP contribution in [-0.4, -0.2) is 28.2 Å². The molecule has 5 rings (SSSR count). The fraction of sp³-hybridized carbons (Fsp3) is 0.174. The molecule has 0 radical (unpaired) electrons. The number of nitrogens with one attached hydrogen (secondary N) is 1. The van der Waals surface area contributed by atoms with Crippen LogP contribution >= 0.6 is 22.7 Å². The highest BCUT2D eigenvalue weighted by Crippen LogP contribution is 2.45. The number of nitrogens with zero attached hydrogens (tertiary/aromatic N) is 2. The summed E-state index contributed by atoms with van der Waals surface area (Å²) in [4.78, 5) is 32.4. The van der Waals surface area contributed by atoms with Crippen molar-refractivity contribution < 1.29 is 14.0 Å². The molecule has 3 heterocycles. The van der Waals surface area contributed by atoms with Crippen LogP contribution in [0.15, 0.2) is 48.5 Å². The average molecular weight is 452 g/mol. The Morgan fingerprint density at radius 1 is 1.13 bits per heavy atom. The van der Waals surface area contributed by atoms with Gasteiger partial charge in [0.1, 0.15) is 15.8 Å². The molecule has 0 fully saturated rings. The Kier molecular flexibility index (Phi) is 5.03. The van der Waals surface area contributed by atoms with E-state index in [1.165, 1.54) is 29.5 Å². The highest BCUT2D eigenvalue weighted by atomic mass is 32.1. The largest absolute Gasteiger partial charge is 0.337 e. The Labute approximate surface area is 186 Å². The third-order valence-electron chi connectivity index (χ3n) is 5.32. The molecule has 0 bridgehead atoms. The molecule has 156 valence electrons. The fourth-order valence-electron chi connectivity index (χ4n) is 3.77. The number of fused-ring (bicyclic) bond motifs is 2. The van der Waals surface area contributed by atoms with E-state index in [-0.39, 0.29) is 17.4 Å². The topological polar surface area (TPSA) is 62.3 Å². The Morgan fingerprint density at radius 3 is 2.74 bits per heavy atom. The molecule has 0 aliphatic carbocycles. The number of para-hydroxylation sites is 1. The molecule has 0 saturated heterocycles. The number of carbonyl (C=O) groups is 2. The maximum Gasteiger partial charge on any atom is 0.256 e. The van der Waals surface area contributed by atoms with E-state index in [9.17, 15) is 14.0 Å². The molecular weight excluding hydrogens is 433 g/mol. The Hall–Kier alpha value is -3.10. The number of anilines is 1. The maximum atomic E-state index is 13.6. The van der Waals surface area contributed by atoms with Crippen LogP contribution in [0, 0.1) is 5.82 Å². The van der Waals surface area contributed by atoms with Crippen molar-refractivity contribution >= 4 is 49.7 Å². The van der Waals surface area contributed by atoms with Gasteiger partial charge in [-0.25, -0.2) is 9.37 Å². The number of hydrogen-bond donors (Lipinski definition) is 1. The van der Waals surface area contributed by atoms with Crippen molar-refractivity contribution in [3.63, 3.8) is 0 Å². The maximum absolute atomic E-state index is 13.6. The summed E-state index contributed by atoms with van der Waals surface area (Å²) in [5, 5.41) is 4.50. The van der Waals surface area contributed by atoms with Crippen LogP contribution in [-0.2, 0) is 17.8 Å². The molecule has 1 aliphatic heterocycles. The van der Waals surface area contributed by atoms with Crippen molar-refractivity contribution in [1.82, 2.24) is 9.88 Å². The molecular formula is C23H18FN3O2S2. The van der Waals surface area contributed by atoms with Gasteiger partial charge in [0.05, 0.1) is 16.8 Å². The van der Waals surface area contributed by atoms with E-state index in [0.717, 1.165) is 31.2 Å². The van der Waals surface area contributed by atoms with Crippen molar-refractivity contribution in [3.8, 4) is 10.6 Å². The SMILES string of the molecule is CC(=O)N1CCc2c(sc(NC(=O)c3cccc(F)c3)c2-c2nc3ccccc3s2)C1. The molecule has 0 atom stereocenters. The summed E-state index contributed by atoms with van der Waals surface area (Å²) in [6.07, 6.45) is 0.701. The monoisotopic (exact) mass is 451 g/mol. The van der Waals surface area contributed by atoms with Crippen LogP contribution in [0.2, 0.25) is 0 Å². The normalized spacial score (nSPS) is 13.3. The van der Waals surface area contributed by atoms with Crippen LogP contribution in [0.1, 0.15) is 27.7 Å². The Bertz CT molecular complexity index is 1290. The van der Waals surface area contributed by atoms with E-state index >= 15 is 0 Å². The van der Waals surface area contributed by atoms with Gasteiger partial charge in [0, 0.05) is 29.5 Å². The van der Waals surface area contributed by atoms with Crippen molar-refractivity contribution in [3.05, 3.63) is 70.4 Å². The van der Waals surface area contributed by atoms with Crippen molar-refractivity contribution in [2.45, 2.75) is 19.9 Å². The molecule has 8 heteroatoms. The lowest BCUT2D eigenvalue weighted by atomic mass is 10.0. The Balaban J connectivity index is 1.59. The van der Waals surface area contributed by atoms with Crippen molar-refractivity contribution in [2.24, 2.45) is 0 Å². The van der Waals surface area contributed by atoms with Gasteiger partial charge in [-0.15, -0.1) is 22.7 Å². The smallest absolute Gasteiger partial charge is 0.256 e. The third-order valence-corrected chi connectivity index (χ3v) is 7.51. The number of thiophene rings is 1. The van der Waals surface area contributed by atoms with Gasteiger partial charge in [-0.3, -0.25) is 9.59 Å². The van der Waals surface area contributed by atoms with E-state index in [2.05, 4.69) is 5.32 Å². The van der Waals surface area contributed by atoms with Crippen molar-refractivity contribution in [2.75, 3.05) is 11.9 Å². The van der Waals surface area contributed by atoms with E-state index in [0.29, 0.717) is 24.5 Å². The van der Waals surface area contributed by atoms with E-state index in [1.807, 2.05) is 24.3 Å². The van der Waals surface area contributed by atoms with E-state index in [4.69, 9.17) is 4.98 Å². The number of hydrogen-bond acceptors (Lipinski definition) is 5. The van der Waals surface area contributed by atoms with E-state index in [1.54, 1.807) is 29.2 Å². The quantitative estimate of drug-likeness (QED) is 0.459. The zero-order valence-electron chi connectivity index (χ0n) is 16.6. The molecule has 1 aliphatic rings. The lowest BCUT2D eigenvalue weighted by molar-refractivity contribution is -0.129. The first-order chi connectivity index (χ1) is 15.0. The number of amides is 2. The van der Waals surface area contributed by atoms with Crippen LogP contribution in [0.4, 0.5) is 9.39 Å². The predicted molar refractivity (Wildman–Crippen MR) is 122 cm³/mol. The molecule has 2 amide bonds. The molecule has 4 aromatic rings. The summed E-state index contributed by atoms with van der Waals surface area (Å²) in [7, 11) is 0. The minimum absolute atomic E-state index is 0.0333. The van der Waals surface area contributed by atoms with Gasteiger partial charge in [-0.05, 0) is 42.3 Å². The number of rotatable bonds is 3. The predicted octanol–water partition coefficient (Wildman–Crippen LogP) is 5.32. The lowest BCUT2D eigenvalue weighted by Gasteiger charge is -2.26. The molecule has 1 N–H and O–H groups in total. The first-order valence-electron chi connectivity index (χ1n) is 9.82. The first-order valence-corrected chi connectivity index (χ1v) is 11.5. The first kappa shape index (κ1) is 19.8. The molecule has 2 aromatic heterocycles. The minimum Gasteiger partial charge on any atom is -0.337 e. The standard InChI is InChI=1S/C23H18FN3O2S2/c1-13(28)27-10-9-16-19(12-27)31-23(26-21(29)14-5-4-6-15(24)11-14)20(16)22-25-17-7-2-3-8-18(17)30-22/h2-8,11H,9-10,12H2,1H3,(H,26,29). The van der Waals surface area contributed by atoms with Gasteiger partial charge >= 0.3 is 0 Å². The highest BCUT2D eigenvalue weighted by molar-refractivity contribution is 7.23. The molecule has 0 saturated carbocycles. The summed E-state index contributed by atoms with van der Waals surface area (Å²) < 4.78 is 14.7. The van der Waals surface area contributed by atoms with Gasteiger partial charge in [0.2, 0.25) is 5.91 Å². The molecule has 31 heavy (non-hydrogen) atoms. The second kappa shape index (κ2) is 7.86. The molecule has 0 spiro atoms. The summed E-state index contributed by atoms with van der Waals surface area (Å²) in [6, 6.07) is 13.6. The zero-order valence-corrected chi connectivity index (χ0v) is 18.3. The molecule has 0 unspecified atom stereocenters. The number of aromatic nitrogens is 1. The Morgan fingerprint density at radius 2 is 1.97 bits per heavy atom. The van der Waals surface area contributed by atoms with E-state index < -0.39 is 5.82 Å². The average Bonchev–Trinajstić information content (AvgIpc) is 3.33. The number of thiazole rings is 1. The number of carbonyl (C=O) groups excluding carboxylic acids is 2. The lowest BCUT2D eigenvalue weighted by Crippen LogP contribution is -2.33. The number of halogens is 1. The van der Waals surface area contributed by atoms with Crippen LogP contribution in [0.5, 0.6) is 0 Å². The van der Waals surface area contributed by atoms with Crippen molar-refractivity contribution in [1.29, 1.82) is 0 Å². The summed E-state index contributed by atoms with van der Waals surface area (Å²) in [5.41, 5.74) is 3.20. The van der Waals surface area contributed by atoms with Gasteiger partial charge in [-0.2, -0.15) is 0 Å². The van der Waals surface area contributed by atoms with Crippen LogP contribution < -0.4 is 5.32 Å². The third kappa shape index (κ3) is 3.73. The summed E-state index contributed by atoms with van der Waals surface area (Å²) in [6.45, 7) is 2.72. The minimum atomic E-state index is -0.457. The van der Waals surface area contributed by atoms with Gasteiger partial charge in [-0.1, -0.05) is 18.2 Å². The second-order valence-electron chi connectivity index (χ2n) is 7.35. The molecule has 5 nitrogen and oxygen atoms in total. The zero-order chi connectivity index (χ0) is 21.5. The highest BCUT2D eigenvalue weighted by Gasteiger charge is 2.28. The molecule has 2 aromatic carbocycles. The number of benzene rings is 2. The van der Waals surface area contributed by atoms with Crippen LogP contribution in [0.25, 0.3) is 20.8 Å². The second-order valence-corrected chi connectivity index (χ2v) is 9.49. The van der Waals surface area contributed by atoms with Gasteiger partial charge in [0.25, 0.3) is 5.91 Å². The van der Waals surface area contributed by atoms with Gasteiger partial charge < -0.3 is 10.2 Å². The van der Waals surface area contributed by atoms with Gasteiger partial charge in [0.15, 0.2) is 0 Å². The summed E-state index contributed by atoms with van der Waals surface area (Å²) >= 11 is 3.04. The fourth-order valence-corrected chi connectivity index (χ4v) is 6.14. The van der Waals surface area contributed by atoms with Crippen LogP contribution in [0.3, 0.4) is 0 Å².